The summed E-state index contributed by atoms with van der Waals surface area (Å²) in [5, 5.41) is 9.71. The predicted octanol–water partition coefficient (Wildman–Crippen LogP) is 2.72. The molecule has 2 atom stereocenters. The number of nitrogens with zero attached hydrogens (tertiary/aromatic N) is 1. The van der Waals surface area contributed by atoms with E-state index in [9.17, 15) is 9.90 Å². The van der Waals surface area contributed by atoms with Crippen LogP contribution in [0.3, 0.4) is 0 Å². The zero-order chi connectivity index (χ0) is 14.4. The Bertz CT molecular complexity index is 245. The predicted molar refractivity (Wildman–Crippen MR) is 81.4 cm³/mol. The second-order valence-electron chi connectivity index (χ2n) is 4.87. The van der Waals surface area contributed by atoms with Crippen molar-refractivity contribution in [2.75, 3.05) is 26.6 Å². The molecule has 104 valence electrons. The lowest BCUT2D eigenvalue weighted by atomic mass is 9.70. The van der Waals surface area contributed by atoms with Gasteiger partial charge in [0.25, 0.3) is 0 Å². The van der Waals surface area contributed by atoms with Gasteiger partial charge in [-0.2, -0.15) is 24.4 Å². The fourth-order valence-corrected chi connectivity index (χ4v) is 2.55. The molecule has 3 nitrogen and oxygen atoms in total. The molecule has 0 amide bonds. The Morgan fingerprint density at radius 1 is 1.29 bits per heavy atom. The summed E-state index contributed by atoms with van der Waals surface area (Å²) in [4.78, 5) is 13.3. The van der Waals surface area contributed by atoms with Crippen LogP contribution in [0.5, 0.6) is 0 Å². The Balaban J connectivity index is 0. The van der Waals surface area contributed by atoms with Crippen molar-refractivity contribution in [3.63, 3.8) is 0 Å². The largest absolute Gasteiger partial charge is 0.480 e. The van der Waals surface area contributed by atoms with Crippen molar-refractivity contribution in [3.05, 3.63) is 0 Å². The third kappa shape index (κ3) is 3.80. The quantitative estimate of drug-likeness (QED) is 0.760. The Morgan fingerprint density at radius 2 is 1.65 bits per heavy atom. The molecule has 2 unspecified atom stereocenters. The average molecular weight is 281 g/mol. The highest BCUT2D eigenvalue weighted by Gasteiger charge is 2.51. The van der Waals surface area contributed by atoms with Gasteiger partial charge in [0.15, 0.2) is 0 Å². The number of likely N-dealkylation sites (N-methyl/N-ethyl adjacent to an activating group) is 1. The summed E-state index contributed by atoms with van der Waals surface area (Å²) in [7, 11) is 3.64. The van der Waals surface area contributed by atoms with E-state index in [1.54, 1.807) is 29.8 Å². The van der Waals surface area contributed by atoms with Gasteiger partial charge in [-0.25, -0.2) is 0 Å². The topological polar surface area (TPSA) is 40.5 Å². The van der Waals surface area contributed by atoms with E-state index in [4.69, 9.17) is 0 Å². The van der Waals surface area contributed by atoms with Crippen LogP contribution in [0.15, 0.2) is 0 Å². The van der Waals surface area contributed by atoms with Gasteiger partial charge in [0, 0.05) is 10.7 Å². The highest BCUT2D eigenvalue weighted by atomic mass is 32.2. The highest BCUT2D eigenvalue weighted by molar-refractivity contribution is 7.99. The van der Waals surface area contributed by atoms with Crippen LogP contribution < -0.4 is 0 Å². The standard InChI is InChI=1S/C11H23NO2S.CH4S/c1-8(15-7)10(2,3)11(4,9(13)14)12(5)6;1-2/h8H,1-7H3,(H,13,14);2H,1H3. The van der Waals surface area contributed by atoms with Crippen molar-refractivity contribution in [1.82, 2.24) is 4.90 Å². The van der Waals surface area contributed by atoms with Crippen LogP contribution in [0.25, 0.3) is 0 Å². The molecule has 0 aromatic carbocycles. The van der Waals surface area contributed by atoms with Crippen molar-refractivity contribution >= 4 is 30.4 Å². The summed E-state index contributed by atoms with van der Waals surface area (Å²) in [5.74, 6) is -0.765. The van der Waals surface area contributed by atoms with Gasteiger partial charge in [0.2, 0.25) is 0 Å². The molecule has 0 radical (unpaired) electrons. The van der Waals surface area contributed by atoms with Gasteiger partial charge in [-0.15, -0.1) is 0 Å². The lowest BCUT2D eigenvalue weighted by Crippen LogP contribution is -2.61. The normalized spacial score (nSPS) is 16.8. The van der Waals surface area contributed by atoms with Gasteiger partial charge >= 0.3 is 5.97 Å². The minimum atomic E-state index is -0.852. The van der Waals surface area contributed by atoms with Crippen molar-refractivity contribution in [1.29, 1.82) is 0 Å². The SMILES string of the molecule is CS.CSC(C)C(C)(C)C(C)(C(=O)O)N(C)C. The maximum atomic E-state index is 11.5. The van der Waals surface area contributed by atoms with Crippen molar-refractivity contribution in [2.24, 2.45) is 5.41 Å². The Morgan fingerprint density at radius 3 is 1.82 bits per heavy atom. The second kappa shape index (κ2) is 7.54. The van der Waals surface area contributed by atoms with Crippen LogP contribution in [0, 0.1) is 5.41 Å². The minimum absolute atomic E-state index is 0.279. The molecule has 17 heavy (non-hydrogen) atoms. The zero-order valence-electron chi connectivity index (χ0n) is 12.2. The lowest BCUT2D eigenvalue weighted by Gasteiger charge is -2.48. The molecule has 0 aliphatic heterocycles. The van der Waals surface area contributed by atoms with Crippen molar-refractivity contribution < 1.29 is 9.90 Å². The summed E-state index contributed by atoms with van der Waals surface area (Å²) in [6, 6.07) is 0. The van der Waals surface area contributed by atoms with Crippen LogP contribution in [0.2, 0.25) is 0 Å². The van der Waals surface area contributed by atoms with Gasteiger partial charge in [0.05, 0.1) is 0 Å². The van der Waals surface area contributed by atoms with Crippen molar-refractivity contribution in [2.45, 2.75) is 38.5 Å². The monoisotopic (exact) mass is 281 g/mol. The molecule has 0 heterocycles. The van der Waals surface area contributed by atoms with Crippen LogP contribution in [0.1, 0.15) is 27.7 Å². The number of thiol groups is 1. The number of thioether (sulfide) groups is 1. The van der Waals surface area contributed by atoms with Crippen LogP contribution in [-0.2, 0) is 4.79 Å². The van der Waals surface area contributed by atoms with Crippen molar-refractivity contribution in [3.8, 4) is 0 Å². The molecule has 5 heteroatoms. The maximum absolute atomic E-state index is 11.5. The van der Waals surface area contributed by atoms with E-state index in [2.05, 4.69) is 19.6 Å². The summed E-state index contributed by atoms with van der Waals surface area (Å²) in [6.07, 6.45) is 3.71. The zero-order valence-corrected chi connectivity index (χ0v) is 13.9. The molecule has 0 aromatic heterocycles. The molecule has 0 aliphatic carbocycles. The van der Waals surface area contributed by atoms with Gasteiger partial charge in [-0.3, -0.25) is 9.69 Å². The van der Waals surface area contributed by atoms with E-state index in [1.165, 1.54) is 0 Å². The molecule has 0 fully saturated rings. The van der Waals surface area contributed by atoms with E-state index in [0.717, 1.165) is 0 Å². The molecule has 0 rings (SSSR count). The van der Waals surface area contributed by atoms with Gasteiger partial charge < -0.3 is 5.11 Å². The maximum Gasteiger partial charge on any atom is 0.324 e. The fourth-order valence-electron chi connectivity index (χ4n) is 1.73. The number of carboxylic acids is 1. The third-order valence-electron chi connectivity index (χ3n) is 3.94. The smallest absolute Gasteiger partial charge is 0.324 e. The van der Waals surface area contributed by atoms with E-state index >= 15 is 0 Å². The number of hydrogen-bond acceptors (Lipinski definition) is 4. The van der Waals surface area contributed by atoms with E-state index in [1.807, 2.05) is 34.2 Å². The summed E-state index contributed by atoms with van der Waals surface area (Å²) in [5.41, 5.74) is -1.16. The molecule has 0 saturated carbocycles. The molecule has 0 spiro atoms. The number of carboxylic acid groups (broad SMARTS) is 1. The Kier molecular flexibility index (Phi) is 8.63. The fraction of sp³-hybridized carbons (Fsp3) is 0.917. The summed E-state index contributed by atoms with van der Waals surface area (Å²) < 4.78 is 0. The molecular formula is C12H27NO2S2. The first-order valence-electron chi connectivity index (χ1n) is 5.50. The molecule has 0 aromatic rings. The van der Waals surface area contributed by atoms with E-state index in [0.29, 0.717) is 0 Å². The number of carbonyl (C=O) groups is 1. The molecular weight excluding hydrogens is 254 g/mol. The number of aliphatic carboxylic acids is 1. The summed E-state index contributed by atoms with van der Waals surface area (Å²) in [6.45, 7) is 7.90. The average Bonchev–Trinajstić information content (AvgIpc) is 2.28. The molecule has 1 N–H and O–H groups in total. The number of hydrogen-bond donors (Lipinski definition) is 2. The van der Waals surface area contributed by atoms with Gasteiger partial charge in [-0.1, -0.05) is 20.8 Å². The highest BCUT2D eigenvalue weighted by Crippen LogP contribution is 2.42. The molecule has 0 bridgehead atoms. The van der Waals surface area contributed by atoms with Crippen LogP contribution >= 0.6 is 24.4 Å². The van der Waals surface area contributed by atoms with Gasteiger partial charge in [-0.05, 0) is 33.5 Å². The minimum Gasteiger partial charge on any atom is -0.480 e. The van der Waals surface area contributed by atoms with Gasteiger partial charge in [0.1, 0.15) is 5.54 Å². The lowest BCUT2D eigenvalue weighted by molar-refractivity contribution is -0.156. The van der Waals surface area contributed by atoms with E-state index < -0.39 is 11.5 Å². The van der Waals surface area contributed by atoms with E-state index in [-0.39, 0.29) is 10.7 Å². The van der Waals surface area contributed by atoms with Crippen LogP contribution in [-0.4, -0.2) is 53.4 Å². The Hall–Kier alpha value is 0.130. The summed E-state index contributed by atoms with van der Waals surface area (Å²) >= 11 is 5.23. The Labute approximate surface area is 116 Å². The molecule has 0 aliphatic rings. The first-order chi connectivity index (χ1) is 7.62. The van der Waals surface area contributed by atoms with Crippen LogP contribution in [0.4, 0.5) is 0 Å². The first-order valence-corrected chi connectivity index (χ1v) is 7.69. The molecule has 0 saturated heterocycles. The second-order valence-corrected chi connectivity index (χ2v) is 6.05. The number of rotatable bonds is 5. The third-order valence-corrected chi connectivity index (χ3v) is 5.23. The first kappa shape index (κ1) is 19.5.